The van der Waals surface area contributed by atoms with Gasteiger partial charge in [0, 0.05) is 5.02 Å². The van der Waals surface area contributed by atoms with Gasteiger partial charge in [-0.05, 0) is 54.2 Å². The largest absolute Gasteiger partial charge is 0.371 e. The number of nitrogens with one attached hydrogen (secondary N) is 2. The third-order valence-corrected chi connectivity index (χ3v) is 6.28. The Balaban J connectivity index is 1.73. The summed E-state index contributed by atoms with van der Waals surface area (Å²) in [5, 5.41) is 7.80. The van der Waals surface area contributed by atoms with Crippen LogP contribution < -0.4 is 16.4 Å². The summed E-state index contributed by atoms with van der Waals surface area (Å²) in [7, 11) is 0. The van der Waals surface area contributed by atoms with E-state index < -0.39 is 5.91 Å². The summed E-state index contributed by atoms with van der Waals surface area (Å²) < 4.78 is 0. The Morgan fingerprint density at radius 1 is 1.22 bits per heavy atom. The molecule has 1 amide bonds. The van der Waals surface area contributed by atoms with E-state index in [1.54, 1.807) is 6.07 Å². The van der Waals surface area contributed by atoms with Crippen LogP contribution in [0.5, 0.6) is 0 Å². The minimum atomic E-state index is -0.453. The van der Waals surface area contributed by atoms with E-state index in [2.05, 4.69) is 10.6 Å². The molecule has 2 aliphatic rings. The number of halogens is 1. The highest BCUT2D eigenvalue weighted by molar-refractivity contribution is 7.99. The number of nitrogens with two attached hydrogens (primary N) is 1. The van der Waals surface area contributed by atoms with Gasteiger partial charge in [0.2, 0.25) is 0 Å². The van der Waals surface area contributed by atoms with E-state index in [9.17, 15) is 4.79 Å². The highest BCUT2D eigenvalue weighted by Gasteiger charge is 2.41. The van der Waals surface area contributed by atoms with E-state index in [0.717, 1.165) is 41.4 Å². The van der Waals surface area contributed by atoms with E-state index in [1.165, 1.54) is 0 Å². The van der Waals surface area contributed by atoms with E-state index in [0.29, 0.717) is 22.8 Å². The van der Waals surface area contributed by atoms with Gasteiger partial charge in [-0.25, -0.2) is 0 Å². The molecule has 0 aromatic heterocycles. The maximum atomic E-state index is 11.9. The van der Waals surface area contributed by atoms with Crippen LogP contribution in [0.25, 0.3) is 0 Å². The van der Waals surface area contributed by atoms with Gasteiger partial charge in [0.25, 0.3) is 5.91 Å². The van der Waals surface area contributed by atoms with Crippen LogP contribution in [0.3, 0.4) is 0 Å². The Morgan fingerprint density at radius 2 is 2.00 bits per heavy atom. The van der Waals surface area contributed by atoms with Gasteiger partial charge >= 0.3 is 0 Å². The number of carbonyl (C=O) groups is 1. The first kappa shape index (κ1) is 18.2. The van der Waals surface area contributed by atoms with Crippen molar-refractivity contribution in [3.05, 3.63) is 58.6 Å². The molecular weight excluding hydrogens is 380 g/mol. The minimum absolute atomic E-state index is 0.243. The lowest BCUT2D eigenvalue weighted by atomic mass is 9.87. The molecule has 2 aromatic rings. The molecule has 4 N–H and O–H groups in total. The molecule has 1 spiro atoms. The molecule has 140 valence electrons. The Hall–Kier alpha value is -2.18. The number of hydrogen-bond acceptors (Lipinski definition) is 4. The molecule has 2 aliphatic heterocycles. The van der Waals surface area contributed by atoms with Crippen LogP contribution in [0.4, 0.5) is 11.4 Å². The van der Waals surface area contributed by atoms with Crippen molar-refractivity contribution in [3.63, 3.8) is 0 Å². The van der Waals surface area contributed by atoms with Crippen molar-refractivity contribution in [2.75, 3.05) is 22.1 Å². The third-order valence-electron chi connectivity index (χ3n) is 5.06. The molecule has 1 fully saturated rings. The molecule has 2 aromatic carbocycles. The van der Waals surface area contributed by atoms with Gasteiger partial charge in [0.05, 0.1) is 29.0 Å². The number of nitrogens with zero attached hydrogens (tertiary/aromatic N) is 1. The normalized spacial score (nSPS) is 19.2. The van der Waals surface area contributed by atoms with Gasteiger partial charge in [-0.15, -0.1) is 0 Å². The number of thioether (sulfide) groups is 1. The second-order valence-corrected chi connectivity index (χ2v) is 8.49. The van der Waals surface area contributed by atoms with Crippen molar-refractivity contribution in [1.82, 2.24) is 0 Å². The summed E-state index contributed by atoms with van der Waals surface area (Å²) in [6, 6.07) is 13.3. The number of fused-ring (bicyclic) bond motifs is 1. The molecule has 0 atom stereocenters. The number of amides is 1. The first-order valence-electron chi connectivity index (χ1n) is 8.93. The van der Waals surface area contributed by atoms with E-state index in [4.69, 9.17) is 22.3 Å². The minimum Gasteiger partial charge on any atom is -0.371 e. The van der Waals surface area contributed by atoms with Crippen molar-refractivity contribution in [2.45, 2.75) is 24.9 Å². The lowest BCUT2D eigenvalue weighted by Gasteiger charge is -2.44. The molecule has 0 saturated carbocycles. The van der Waals surface area contributed by atoms with Gasteiger partial charge in [-0.2, -0.15) is 11.8 Å². The second-order valence-electron chi connectivity index (χ2n) is 6.83. The predicted molar refractivity (Wildman–Crippen MR) is 114 cm³/mol. The van der Waals surface area contributed by atoms with Crippen LogP contribution in [0.15, 0.2) is 47.5 Å². The van der Waals surface area contributed by atoms with Crippen molar-refractivity contribution in [3.8, 4) is 0 Å². The number of hydrogen-bond donors (Lipinski definition) is 3. The molecule has 0 unspecified atom stereocenters. The molecule has 0 aliphatic carbocycles. The summed E-state index contributed by atoms with van der Waals surface area (Å²) in [6.45, 7) is 0.521. The van der Waals surface area contributed by atoms with Crippen LogP contribution in [0.2, 0.25) is 5.02 Å². The Morgan fingerprint density at radius 3 is 2.74 bits per heavy atom. The summed E-state index contributed by atoms with van der Waals surface area (Å²) in [5.41, 5.74) is 8.45. The van der Waals surface area contributed by atoms with Crippen LogP contribution in [-0.4, -0.2) is 28.8 Å². The summed E-state index contributed by atoms with van der Waals surface area (Å²) in [6.07, 6.45) is 1.94. The van der Waals surface area contributed by atoms with Crippen molar-refractivity contribution in [1.29, 1.82) is 0 Å². The van der Waals surface area contributed by atoms with Gasteiger partial charge in [0.1, 0.15) is 5.84 Å². The Bertz CT molecular complexity index is 909. The number of carbonyl (C=O) groups excluding carboxylic acids is 1. The zero-order chi connectivity index (χ0) is 18.9. The number of amidine groups is 1. The average molecular weight is 401 g/mol. The summed E-state index contributed by atoms with van der Waals surface area (Å²) >= 11 is 8.06. The lowest BCUT2D eigenvalue weighted by molar-refractivity contribution is 0.100. The van der Waals surface area contributed by atoms with E-state index in [1.807, 2.05) is 48.2 Å². The molecule has 2 heterocycles. The number of benzene rings is 2. The zero-order valence-electron chi connectivity index (χ0n) is 14.8. The van der Waals surface area contributed by atoms with Crippen LogP contribution in [0, 0.1) is 0 Å². The maximum absolute atomic E-state index is 11.9. The van der Waals surface area contributed by atoms with Gasteiger partial charge < -0.3 is 16.4 Å². The number of aliphatic imine (C=N–C) groups is 1. The first-order valence-corrected chi connectivity index (χ1v) is 10.5. The molecule has 0 bridgehead atoms. The first-order chi connectivity index (χ1) is 13.1. The molecule has 5 nitrogen and oxygen atoms in total. The van der Waals surface area contributed by atoms with E-state index >= 15 is 0 Å². The van der Waals surface area contributed by atoms with Gasteiger partial charge in [-0.3, -0.25) is 9.79 Å². The molecule has 1 saturated heterocycles. The summed E-state index contributed by atoms with van der Waals surface area (Å²) in [5.74, 6) is 2.54. The summed E-state index contributed by atoms with van der Waals surface area (Å²) in [4.78, 5) is 16.8. The maximum Gasteiger partial charge on any atom is 0.250 e. The quantitative estimate of drug-likeness (QED) is 0.723. The number of primary amides is 1. The fraction of sp³-hybridized carbons (Fsp3) is 0.300. The number of para-hydroxylation sites is 1. The van der Waals surface area contributed by atoms with Crippen LogP contribution >= 0.6 is 23.4 Å². The Kier molecular flexibility index (Phi) is 5.02. The molecule has 4 rings (SSSR count). The fourth-order valence-corrected chi connectivity index (χ4v) is 5.03. The molecule has 27 heavy (non-hydrogen) atoms. The molecular formula is C20H21ClN4OS. The van der Waals surface area contributed by atoms with Crippen LogP contribution in [0.1, 0.15) is 28.8 Å². The predicted octanol–water partition coefficient (Wildman–Crippen LogP) is 4.14. The fourth-order valence-electron chi connectivity index (χ4n) is 3.63. The van der Waals surface area contributed by atoms with Crippen molar-refractivity contribution < 1.29 is 4.79 Å². The second kappa shape index (κ2) is 7.44. The van der Waals surface area contributed by atoms with Gasteiger partial charge in [-0.1, -0.05) is 29.8 Å². The van der Waals surface area contributed by atoms with Crippen molar-refractivity contribution in [2.24, 2.45) is 10.7 Å². The van der Waals surface area contributed by atoms with Crippen LogP contribution in [-0.2, 0) is 6.54 Å². The number of anilines is 2. The Labute approximate surface area is 167 Å². The topological polar surface area (TPSA) is 79.5 Å². The monoisotopic (exact) mass is 400 g/mol. The van der Waals surface area contributed by atoms with Crippen molar-refractivity contribution >= 4 is 46.5 Å². The molecule has 0 radical (unpaired) electrons. The zero-order valence-corrected chi connectivity index (χ0v) is 16.4. The highest BCUT2D eigenvalue weighted by Crippen LogP contribution is 2.40. The molecule has 7 heteroatoms. The third kappa shape index (κ3) is 3.64. The SMILES string of the molecule is NC(=O)c1cccc2c1NC(=NCc1cccc(Cl)c1)C1(CCSCC1)N2. The van der Waals surface area contributed by atoms with Gasteiger partial charge in [0.15, 0.2) is 0 Å². The smallest absolute Gasteiger partial charge is 0.250 e. The lowest BCUT2D eigenvalue weighted by Crippen LogP contribution is -2.55. The number of rotatable bonds is 3. The highest BCUT2D eigenvalue weighted by atomic mass is 35.5. The average Bonchev–Trinajstić information content (AvgIpc) is 2.66. The van der Waals surface area contributed by atoms with E-state index in [-0.39, 0.29) is 5.54 Å². The standard InChI is InChI=1S/C20H21ClN4OS/c21-14-4-1-3-13(11-14)12-23-19-20(7-9-27-10-8-20)25-16-6-2-5-15(18(22)26)17(16)24-19/h1-6,11,25H,7-10,12H2,(H2,22,26)(H,23,24).